The van der Waals surface area contributed by atoms with E-state index >= 15 is 0 Å². The highest BCUT2D eigenvalue weighted by Gasteiger charge is 2.23. The number of hydrogen-bond acceptors (Lipinski definition) is 2. The second-order valence-corrected chi connectivity index (χ2v) is 4.95. The van der Waals surface area contributed by atoms with E-state index in [4.69, 9.17) is 0 Å². The van der Waals surface area contributed by atoms with Gasteiger partial charge in [0.15, 0.2) is 0 Å². The summed E-state index contributed by atoms with van der Waals surface area (Å²) in [6.45, 7) is 1.91. The van der Waals surface area contributed by atoms with Gasteiger partial charge in [0.05, 0.1) is 4.47 Å². The summed E-state index contributed by atoms with van der Waals surface area (Å²) < 4.78 is 1.75. The van der Waals surface area contributed by atoms with E-state index in [1.807, 2.05) is 12.1 Å². The highest BCUT2D eigenvalue weighted by atomic mass is 79.9. The summed E-state index contributed by atoms with van der Waals surface area (Å²) in [5, 5.41) is 12.9. The monoisotopic (exact) mass is 305 g/mol. The zero-order chi connectivity index (χ0) is 9.42. The van der Waals surface area contributed by atoms with Crippen LogP contribution < -0.4 is 5.32 Å². The first-order valence-electron chi connectivity index (χ1n) is 4.07. The van der Waals surface area contributed by atoms with Crippen molar-refractivity contribution in [1.82, 2.24) is 5.32 Å². The molecule has 0 amide bonds. The number of aromatic hydroxyl groups is 1. The van der Waals surface area contributed by atoms with Gasteiger partial charge in [0, 0.05) is 29.0 Å². The second-order valence-electron chi connectivity index (χ2n) is 3.18. The van der Waals surface area contributed by atoms with E-state index in [0.29, 0.717) is 11.7 Å². The Kier molecular flexibility index (Phi) is 2.62. The predicted octanol–water partition coefficient (Wildman–Crippen LogP) is 2.60. The van der Waals surface area contributed by atoms with Crippen molar-refractivity contribution in [3.05, 3.63) is 26.6 Å². The summed E-state index contributed by atoms with van der Waals surface area (Å²) in [5.41, 5.74) is 1.01. The first-order chi connectivity index (χ1) is 6.18. The molecule has 0 saturated carbocycles. The van der Waals surface area contributed by atoms with Crippen LogP contribution in [0.2, 0.25) is 0 Å². The van der Waals surface area contributed by atoms with Crippen LogP contribution in [-0.4, -0.2) is 18.2 Å². The number of nitrogens with one attached hydrogen (secondary N) is 1. The van der Waals surface area contributed by atoms with Gasteiger partial charge in [0.2, 0.25) is 0 Å². The summed E-state index contributed by atoms with van der Waals surface area (Å²) in [6, 6.07) is 3.83. The molecule has 2 rings (SSSR count). The summed E-state index contributed by atoms with van der Waals surface area (Å²) in [7, 11) is 0. The van der Waals surface area contributed by atoms with E-state index in [2.05, 4.69) is 37.2 Å². The Hall–Kier alpha value is -0.0600. The summed E-state index contributed by atoms with van der Waals surface area (Å²) in [4.78, 5) is 0. The Labute approximate surface area is 93.6 Å². The van der Waals surface area contributed by atoms with Crippen LogP contribution in [0, 0.1) is 0 Å². The Morgan fingerprint density at radius 1 is 1.31 bits per heavy atom. The van der Waals surface area contributed by atoms with E-state index in [1.165, 1.54) is 0 Å². The molecule has 1 aliphatic heterocycles. The molecule has 2 nitrogen and oxygen atoms in total. The fourth-order valence-corrected chi connectivity index (χ4v) is 2.66. The van der Waals surface area contributed by atoms with Gasteiger partial charge in [0.25, 0.3) is 0 Å². The molecule has 0 atom stereocenters. The van der Waals surface area contributed by atoms with Crippen LogP contribution >= 0.6 is 31.9 Å². The van der Waals surface area contributed by atoms with Crippen molar-refractivity contribution < 1.29 is 5.11 Å². The molecule has 1 aliphatic rings. The molecule has 0 radical (unpaired) electrons. The zero-order valence-corrected chi connectivity index (χ0v) is 10.0. The standard InChI is InChI=1S/C9H9Br2NO/c10-6-1-7(5-3-12-4-5)9(13)8(11)2-6/h1-2,5,12-13H,3-4H2. The van der Waals surface area contributed by atoms with Crippen molar-refractivity contribution in [1.29, 1.82) is 0 Å². The van der Waals surface area contributed by atoms with E-state index in [0.717, 1.165) is 27.6 Å². The van der Waals surface area contributed by atoms with Gasteiger partial charge in [-0.2, -0.15) is 0 Å². The van der Waals surface area contributed by atoms with Crippen molar-refractivity contribution in [2.24, 2.45) is 0 Å². The Balaban J connectivity index is 2.42. The largest absolute Gasteiger partial charge is 0.506 e. The van der Waals surface area contributed by atoms with Gasteiger partial charge in [-0.1, -0.05) is 15.9 Å². The Morgan fingerprint density at radius 3 is 2.54 bits per heavy atom. The molecule has 4 heteroatoms. The normalized spacial score (nSPS) is 17.1. The lowest BCUT2D eigenvalue weighted by Gasteiger charge is -2.28. The molecule has 0 spiro atoms. The Bertz CT molecular complexity index is 337. The van der Waals surface area contributed by atoms with E-state index in [9.17, 15) is 5.11 Å². The minimum absolute atomic E-state index is 0.370. The lowest BCUT2D eigenvalue weighted by Crippen LogP contribution is -2.39. The van der Waals surface area contributed by atoms with Crippen LogP contribution in [-0.2, 0) is 0 Å². The summed E-state index contributed by atoms with van der Waals surface area (Å²) in [6.07, 6.45) is 0. The predicted molar refractivity (Wildman–Crippen MR) is 59.1 cm³/mol. The van der Waals surface area contributed by atoms with Crippen molar-refractivity contribution in [2.75, 3.05) is 13.1 Å². The van der Waals surface area contributed by atoms with Crippen LogP contribution in [0.3, 0.4) is 0 Å². The van der Waals surface area contributed by atoms with Crippen LogP contribution in [0.15, 0.2) is 21.1 Å². The highest BCUT2D eigenvalue weighted by Crippen LogP contribution is 2.37. The third-order valence-electron chi connectivity index (χ3n) is 2.28. The molecule has 0 unspecified atom stereocenters. The molecule has 1 saturated heterocycles. The maximum Gasteiger partial charge on any atom is 0.133 e. The molecule has 0 aliphatic carbocycles. The van der Waals surface area contributed by atoms with Gasteiger partial charge >= 0.3 is 0 Å². The number of hydrogen-bond donors (Lipinski definition) is 2. The van der Waals surface area contributed by atoms with Gasteiger partial charge in [-0.3, -0.25) is 0 Å². The van der Waals surface area contributed by atoms with Crippen LogP contribution in [0.5, 0.6) is 5.75 Å². The van der Waals surface area contributed by atoms with Crippen molar-refractivity contribution >= 4 is 31.9 Å². The Morgan fingerprint density at radius 2 is 2.00 bits per heavy atom. The van der Waals surface area contributed by atoms with Gasteiger partial charge in [-0.05, 0) is 28.1 Å². The quantitative estimate of drug-likeness (QED) is 0.836. The third-order valence-corrected chi connectivity index (χ3v) is 3.34. The summed E-state index contributed by atoms with van der Waals surface area (Å²) >= 11 is 6.73. The molecule has 1 aromatic rings. The number of rotatable bonds is 1. The number of phenols is 1. The topological polar surface area (TPSA) is 32.3 Å². The van der Waals surface area contributed by atoms with E-state index < -0.39 is 0 Å². The maximum absolute atomic E-state index is 9.76. The number of halogens is 2. The van der Waals surface area contributed by atoms with Crippen LogP contribution in [0.1, 0.15) is 11.5 Å². The first-order valence-corrected chi connectivity index (χ1v) is 5.65. The SMILES string of the molecule is Oc1c(Br)cc(Br)cc1C1CNC1. The molecule has 0 bridgehead atoms. The molecule has 0 aromatic heterocycles. The fourth-order valence-electron chi connectivity index (χ4n) is 1.41. The molecule has 2 N–H and O–H groups in total. The van der Waals surface area contributed by atoms with Gasteiger partial charge in [-0.25, -0.2) is 0 Å². The van der Waals surface area contributed by atoms with Gasteiger partial charge < -0.3 is 10.4 Å². The van der Waals surface area contributed by atoms with Crippen molar-refractivity contribution in [2.45, 2.75) is 5.92 Å². The van der Waals surface area contributed by atoms with Gasteiger partial charge in [-0.15, -0.1) is 0 Å². The minimum Gasteiger partial charge on any atom is -0.506 e. The average Bonchev–Trinajstić information content (AvgIpc) is 1.95. The molecule has 70 valence electrons. The molecule has 1 heterocycles. The molecular weight excluding hydrogens is 298 g/mol. The number of phenolic OH excluding ortho intramolecular Hbond substituents is 1. The fraction of sp³-hybridized carbons (Fsp3) is 0.333. The molecule has 1 fully saturated rings. The first kappa shape index (κ1) is 9.49. The average molecular weight is 307 g/mol. The maximum atomic E-state index is 9.76. The van der Waals surface area contributed by atoms with Crippen LogP contribution in [0.25, 0.3) is 0 Å². The van der Waals surface area contributed by atoms with Crippen LogP contribution in [0.4, 0.5) is 0 Å². The zero-order valence-electron chi connectivity index (χ0n) is 6.85. The highest BCUT2D eigenvalue weighted by molar-refractivity contribution is 9.11. The lowest BCUT2D eigenvalue weighted by molar-refractivity contribution is 0.411. The molecule has 13 heavy (non-hydrogen) atoms. The molecular formula is C9H9Br2NO. The van der Waals surface area contributed by atoms with E-state index in [1.54, 1.807) is 0 Å². The number of benzene rings is 1. The van der Waals surface area contributed by atoms with Crippen molar-refractivity contribution in [3.63, 3.8) is 0 Å². The summed E-state index contributed by atoms with van der Waals surface area (Å²) in [5.74, 6) is 0.823. The second kappa shape index (κ2) is 3.59. The third kappa shape index (κ3) is 1.75. The van der Waals surface area contributed by atoms with E-state index in [-0.39, 0.29) is 0 Å². The molecule has 1 aromatic carbocycles. The smallest absolute Gasteiger partial charge is 0.133 e. The lowest BCUT2D eigenvalue weighted by atomic mass is 9.93. The van der Waals surface area contributed by atoms with Crippen molar-refractivity contribution in [3.8, 4) is 5.75 Å². The van der Waals surface area contributed by atoms with Gasteiger partial charge in [0.1, 0.15) is 5.75 Å². The minimum atomic E-state index is 0.370.